The maximum absolute atomic E-state index is 11.3. The summed E-state index contributed by atoms with van der Waals surface area (Å²) < 4.78 is 0. The van der Waals surface area contributed by atoms with Gasteiger partial charge in [-0.05, 0) is 37.6 Å². The minimum Gasteiger partial charge on any atom is -0.478 e. The zero-order valence-electron chi connectivity index (χ0n) is 14.7. The van der Waals surface area contributed by atoms with E-state index in [4.69, 9.17) is 4.98 Å². The highest BCUT2D eigenvalue weighted by Crippen LogP contribution is 2.33. The molecule has 0 radical (unpaired) electrons. The maximum Gasteiger partial charge on any atom is 0.335 e. The molecular formula is C21H22N2O2. The van der Waals surface area contributed by atoms with E-state index in [2.05, 4.69) is 25.8 Å². The predicted octanol–water partition coefficient (Wildman–Crippen LogP) is 4.83. The van der Waals surface area contributed by atoms with Crippen molar-refractivity contribution in [3.63, 3.8) is 0 Å². The Bertz CT molecular complexity index is 906. The molecule has 2 aromatic carbocycles. The number of aromatic carboxylic acids is 1. The van der Waals surface area contributed by atoms with Gasteiger partial charge in [0.15, 0.2) is 0 Å². The molecule has 1 atom stereocenters. The number of hydrogen-bond acceptors (Lipinski definition) is 3. The van der Waals surface area contributed by atoms with Gasteiger partial charge in [-0.15, -0.1) is 0 Å². The van der Waals surface area contributed by atoms with Gasteiger partial charge in [-0.2, -0.15) is 0 Å². The van der Waals surface area contributed by atoms with Gasteiger partial charge in [0.05, 0.1) is 22.5 Å². The summed E-state index contributed by atoms with van der Waals surface area (Å²) in [6.07, 6.45) is 1.01. The Hall–Kier alpha value is -2.88. The number of carboxylic acids is 1. The van der Waals surface area contributed by atoms with Gasteiger partial charge in [0, 0.05) is 24.0 Å². The maximum atomic E-state index is 11.3. The van der Waals surface area contributed by atoms with Crippen LogP contribution in [0.5, 0.6) is 0 Å². The Morgan fingerprint density at radius 2 is 1.88 bits per heavy atom. The van der Waals surface area contributed by atoms with E-state index in [0.29, 0.717) is 6.04 Å². The summed E-state index contributed by atoms with van der Waals surface area (Å²) in [6.45, 7) is 4.33. The highest BCUT2D eigenvalue weighted by atomic mass is 16.4. The number of carbonyl (C=O) groups is 1. The molecule has 0 amide bonds. The molecule has 0 spiro atoms. The van der Waals surface area contributed by atoms with Crippen LogP contribution in [0.1, 0.15) is 30.6 Å². The Morgan fingerprint density at radius 1 is 1.16 bits per heavy atom. The SMILES string of the molecule is CC[C@@H](C)N(C)c1cc2cc(C(=O)O)ccc2nc1-c1ccccc1. The van der Waals surface area contributed by atoms with Crippen LogP contribution in [0.15, 0.2) is 54.6 Å². The van der Waals surface area contributed by atoms with E-state index in [0.717, 1.165) is 34.3 Å². The number of rotatable bonds is 5. The highest BCUT2D eigenvalue weighted by molar-refractivity contribution is 5.96. The number of pyridine rings is 1. The zero-order chi connectivity index (χ0) is 18.0. The molecule has 3 rings (SSSR count). The van der Waals surface area contributed by atoms with E-state index in [1.165, 1.54) is 0 Å². The lowest BCUT2D eigenvalue weighted by Gasteiger charge is -2.28. The molecule has 0 fully saturated rings. The van der Waals surface area contributed by atoms with Crippen LogP contribution in [0, 0.1) is 0 Å². The number of benzene rings is 2. The first kappa shape index (κ1) is 17.0. The average molecular weight is 334 g/mol. The lowest BCUT2D eigenvalue weighted by Crippen LogP contribution is -2.28. The number of anilines is 1. The van der Waals surface area contributed by atoms with Crippen molar-refractivity contribution in [2.45, 2.75) is 26.3 Å². The van der Waals surface area contributed by atoms with E-state index in [1.807, 2.05) is 36.4 Å². The van der Waals surface area contributed by atoms with Crippen LogP contribution in [0.2, 0.25) is 0 Å². The van der Waals surface area contributed by atoms with Crippen LogP contribution < -0.4 is 4.90 Å². The molecule has 4 heteroatoms. The largest absolute Gasteiger partial charge is 0.478 e. The van der Waals surface area contributed by atoms with Crippen molar-refractivity contribution in [1.82, 2.24) is 4.98 Å². The molecule has 0 saturated carbocycles. The van der Waals surface area contributed by atoms with Crippen LogP contribution in [0.4, 0.5) is 5.69 Å². The second-order valence-electron chi connectivity index (χ2n) is 6.30. The van der Waals surface area contributed by atoms with Crippen molar-refractivity contribution in [3.05, 3.63) is 60.2 Å². The van der Waals surface area contributed by atoms with E-state index in [-0.39, 0.29) is 5.56 Å². The van der Waals surface area contributed by atoms with E-state index in [1.54, 1.807) is 18.2 Å². The second-order valence-corrected chi connectivity index (χ2v) is 6.30. The predicted molar refractivity (Wildman–Crippen MR) is 102 cm³/mol. The van der Waals surface area contributed by atoms with Gasteiger partial charge in [0.2, 0.25) is 0 Å². The number of hydrogen-bond donors (Lipinski definition) is 1. The number of nitrogens with zero attached hydrogens (tertiary/aromatic N) is 2. The summed E-state index contributed by atoms with van der Waals surface area (Å²) in [5.74, 6) is -0.925. The third-order valence-electron chi connectivity index (χ3n) is 4.72. The van der Waals surface area contributed by atoms with Gasteiger partial charge >= 0.3 is 5.97 Å². The Morgan fingerprint density at radius 3 is 2.52 bits per heavy atom. The van der Waals surface area contributed by atoms with Gasteiger partial charge in [-0.3, -0.25) is 0 Å². The summed E-state index contributed by atoms with van der Waals surface area (Å²) in [7, 11) is 2.06. The lowest BCUT2D eigenvalue weighted by molar-refractivity contribution is 0.0697. The number of carboxylic acid groups (broad SMARTS) is 1. The summed E-state index contributed by atoms with van der Waals surface area (Å²) in [5.41, 5.74) is 4.05. The van der Waals surface area contributed by atoms with Crippen molar-refractivity contribution < 1.29 is 9.90 Å². The fourth-order valence-electron chi connectivity index (χ4n) is 2.89. The first-order valence-electron chi connectivity index (χ1n) is 8.47. The van der Waals surface area contributed by atoms with Crippen molar-refractivity contribution >= 4 is 22.6 Å². The minimum absolute atomic E-state index is 0.277. The smallest absolute Gasteiger partial charge is 0.335 e. The molecule has 3 aromatic rings. The molecule has 1 aromatic heterocycles. The molecule has 4 nitrogen and oxygen atoms in total. The van der Waals surface area contributed by atoms with Gasteiger partial charge in [-0.1, -0.05) is 37.3 Å². The van der Waals surface area contributed by atoms with Crippen molar-refractivity contribution in [1.29, 1.82) is 0 Å². The van der Waals surface area contributed by atoms with E-state index < -0.39 is 5.97 Å². The van der Waals surface area contributed by atoms with E-state index in [9.17, 15) is 9.90 Å². The van der Waals surface area contributed by atoms with Crippen molar-refractivity contribution in [2.75, 3.05) is 11.9 Å². The molecule has 0 aliphatic carbocycles. The molecule has 0 aliphatic rings. The average Bonchev–Trinajstić information content (AvgIpc) is 2.65. The Kier molecular flexibility index (Phi) is 4.70. The fraction of sp³-hybridized carbons (Fsp3) is 0.238. The molecule has 1 heterocycles. The lowest BCUT2D eigenvalue weighted by atomic mass is 10.0. The summed E-state index contributed by atoms with van der Waals surface area (Å²) in [4.78, 5) is 18.3. The van der Waals surface area contributed by atoms with Gasteiger partial charge in [0.25, 0.3) is 0 Å². The Balaban J connectivity index is 2.25. The van der Waals surface area contributed by atoms with Crippen molar-refractivity contribution in [2.24, 2.45) is 0 Å². The van der Waals surface area contributed by atoms with Crippen LogP contribution in [-0.2, 0) is 0 Å². The second kappa shape index (κ2) is 6.93. The van der Waals surface area contributed by atoms with Crippen LogP contribution in [0.25, 0.3) is 22.2 Å². The summed E-state index contributed by atoms with van der Waals surface area (Å²) >= 11 is 0. The molecule has 0 unspecified atom stereocenters. The summed E-state index contributed by atoms with van der Waals surface area (Å²) in [6, 6.07) is 17.6. The van der Waals surface area contributed by atoms with Gasteiger partial charge in [-0.25, -0.2) is 9.78 Å². The first-order valence-corrected chi connectivity index (χ1v) is 8.47. The molecule has 0 saturated heterocycles. The van der Waals surface area contributed by atoms with Crippen molar-refractivity contribution in [3.8, 4) is 11.3 Å². The molecule has 0 aliphatic heterocycles. The van der Waals surface area contributed by atoms with Crippen LogP contribution >= 0.6 is 0 Å². The quantitative estimate of drug-likeness (QED) is 0.726. The zero-order valence-corrected chi connectivity index (χ0v) is 14.7. The standard InChI is InChI=1S/C21H22N2O2/c1-4-14(2)23(3)19-13-17-12-16(21(24)25)10-11-18(17)22-20(19)15-8-6-5-7-9-15/h5-14H,4H2,1-3H3,(H,24,25)/t14-/m1/s1. The first-order chi connectivity index (χ1) is 12.0. The normalized spacial score (nSPS) is 12.1. The van der Waals surface area contributed by atoms with E-state index >= 15 is 0 Å². The third-order valence-corrected chi connectivity index (χ3v) is 4.72. The molecule has 1 N–H and O–H groups in total. The molecular weight excluding hydrogens is 312 g/mol. The molecule has 25 heavy (non-hydrogen) atoms. The third kappa shape index (κ3) is 3.33. The topological polar surface area (TPSA) is 53.4 Å². The van der Waals surface area contributed by atoms with Gasteiger partial charge < -0.3 is 10.0 Å². The monoisotopic (exact) mass is 334 g/mol. The number of aromatic nitrogens is 1. The van der Waals surface area contributed by atoms with Crippen LogP contribution in [-0.4, -0.2) is 29.1 Å². The minimum atomic E-state index is -0.925. The Labute approximate surface area is 147 Å². The highest BCUT2D eigenvalue weighted by Gasteiger charge is 2.17. The van der Waals surface area contributed by atoms with Gasteiger partial charge in [0.1, 0.15) is 0 Å². The number of fused-ring (bicyclic) bond motifs is 1. The molecule has 0 bridgehead atoms. The fourth-order valence-corrected chi connectivity index (χ4v) is 2.89. The van der Waals surface area contributed by atoms with Crippen LogP contribution in [0.3, 0.4) is 0 Å². The molecule has 128 valence electrons. The summed E-state index contributed by atoms with van der Waals surface area (Å²) in [5, 5.41) is 10.1.